The van der Waals surface area contributed by atoms with Crippen molar-refractivity contribution >= 4 is 27.5 Å². The molecule has 0 aliphatic rings. The Labute approximate surface area is 126 Å². The first kappa shape index (κ1) is 14.3. The molecule has 0 aliphatic carbocycles. The predicted octanol–water partition coefficient (Wildman–Crippen LogP) is 3.91. The molecule has 0 heterocycles. The summed E-state index contributed by atoms with van der Waals surface area (Å²) in [5.41, 5.74) is 2.92. The van der Waals surface area contributed by atoms with Crippen LogP contribution in [0.4, 0.5) is 5.69 Å². The van der Waals surface area contributed by atoms with E-state index in [2.05, 4.69) is 22.0 Å². The molecule has 0 radical (unpaired) electrons. The highest BCUT2D eigenvalue weighted by atomic mass is 79.9. The monoisotopic (exact) mass is 328 g/mol. The van der Waals surface area contributed by atoms with Gasteiger partial charge in [-0.15, -0.1) is 0 Å². The Morgan fingerprint density at radius 2 is 2.00 bits per heavy atom. The molecule has 3 nitrogen and oxygen atoms in total. The second-order valence-corrected chi connectivity index (χ2v) is 5.34. The smallest absolute Gasteiger partial charge is 0.258 e. The summed E-state index contributed by atoms with van der Waals surface area (Å²) in [5.74, 6) is -0.110. The summed E-state index contributed by atoms with van der Waals surface area (Å²) in [6, 6.07) is 14.6. The highest BCUT2D eigenvalue weighted by Gasteiger charge is 2.14. The number of nitrogens with zero attached hydrogens (tertiary/aromatic N) is 2. The highest BCUT2D eigenvalue weighted by molar-refractivity contribution is 9.10. The van der Waals surface area contributed by atoms with E-state index in [1.165, 1.54) is 4.90 Å². The van der Waals surface area contributed by atoms with Gasteiger partial charge in [-0.1, -0.05) is 28.1 Å². The SMILES string of the molecule is Cc1ccc(C(=O)N(C)c2cccc(C#N)c2)cc1Br. The predicted molar refractivity (Wildman–Crippen MR) is 82.8 cm³/mol. The number of carbonyl (C=O) groups excluding carboxylic acids is 1. The first-order chi connectivity index (χ1) is 9.52. The van der Waals surface area contributed by atoms with Crippen molar-refractivity contribution in [3.05, 3.63) is 63.6 Å². The third kappa shape index (κ3) is 2.89. The summed E-state index contributed by atoms with van der Waals surface area (Å²) in [7, 11) is 1.70. The van der Waals surface area contributed by atoms with E-state index in [1.54, 1.807) is 31.3 Å². The maximum atomic E-state index is 12.4. The van der Waals surface area contributed by atoms with Crippen molar-refractivity contribution in [2.75, 3.05) is 11.9 Å². The van der Waals surface area contributed by atoms with Gasteiger partial charge in [0, 0.05) is 22.8 Å². The van der Waals surface area contributed by atoms with Gasteiger partial charge in [-0.3, -0.25) is 4.79 Å². The first-order valence-corrected chi connectivity index (χ1v) is 6.86. The normalized spacial score (nSPS) is 9.90. The Morgan fingerprint density at radius 1 is 1.25 bits per heavy atom. The number of hydrogen-bond donors (Lipinski definition) is 0. The van der Waals surface area contributed by atoms with Gasteiger partial charge in [0.25, 0.3) is 5.91 Å². The fraction of sp³-hybridized carbons (Fsp3) is 0.125. The molecule has 100 valence electrons. The maximum absolute atomic E-state index is 12.4. The van der Waals surface area contributed by atoms with Gasteiger partial charge in [-0.25, -0.2) is 0 Å². The quantitative estimate of drug-likeness (QED) is 0.838. The van der Waals surface area contributed by atoms with Crippen LogP contribution in [0.25, 0.3) is 0 Å². The summed E-state index contributed by atoms with van der Waals surface area (Å²) >= 11 is 3.43. The largest absolute Gasteiger partial charge is 0.311 e. The van der Waals surface area contributed by atoms with E-state index in [1.807, 2.05) is 25.1 Å². The van der Waals surface area contributed by atoms with Gasteiger partial charge in [-0.2, -0.15) is 5.26 Å². The number of nitriles is 1. The minimum absolute atomic E-state index is 0.110. The molecule has 0 spiro atoms. The lowest BCUT2D eigenvalue weighted by Crippen LogP contribution is -2.26. The van der Waals surface area contributed by atoms with Gasteiger partial charge in [0.1, 0.15) is 0 Å². The van der Waals surface area contributed by atoms with Crippen LogP contribution in [0.15, 0.2) is 46.9 Å². The molecule has 20 heavy (non-hydrogen) atoms. The lowest BCUT2D eigenvalue weighted by atomic mass is 10.1. The van der Waals surface area contributed by atoms with Crippen molar-refractivity contribution < 1.29 is 4.79 Å². The molecule has 0 N–H and O–H groups in total. The van der Waals surface area contributed by atoms with E-state index in [4.69, 9.17) is 5.26 Å². The molecular weight excluding hydrogens is 316 g/mol. The van der Waals surface area contributed by atoms with Crippen LogP contribution < -0.4 is 4.90 Å². The zero-order valence-corrected chi connectivity index (χ0v) is 12.8. The van der Waals surface area contributed by atoms with Crippen molar-refractivity contribution in [3.8, 4) is 6.07 Å². The van der Waals surface area contributed by atoms with Gasteiger partial charge in [0.05, 0.1) is 11.6 Å². The first-order valence-electron chi connectivity index (χ1n) is 6.07. The van der Waals surface area contributed by atoms with Crippen LogP contribution in [0.2, 0.25) is 0 Å². The molecule has 0 aliphatic heterocycles. The van der Waals surface area contributed by atoms with E-state index in [-0.39, 0.29) is 5.91 Å². The fourth-order valence-corrected chi connectivity index (χ4v) is 2.20. The minimum Gasteiger partial charge on any atom is -0.311 e. The van der Waals surface area contributed by atoms with Gasteiger partial charge in [0.15, 0.2) is 0 Å². The van der Waals surface area contributed by atoms with E-state index in [0.717, 1.165) is 10.0 Å². The molecule has 0 saturated carbocycles. The maximum Gasteiger partial charge on any atom is 0.258 e. The summed E-state index contributed by atoms with van der Waals surface area (Å²) in [6.07, 6.45) is 0. The Kier molecular flexibility index (Phi) is 4.21. The van der Waals surface area contributed by atoms with Crippen LogP contribution in [0, 0.1) is 18.3 Å². The summed E-state index contributed by atoms with van der Waals surface area (Å²) < 4.78 is 0.905. The number of amides is 1. The number of halogens is 1. The van der Waals surface area contributed by atoms with Crippen molar-refractivity contribution in [2.24, 2.45) is 0 Å². The van der Waals surface area contributed by atoms with Crippen molar-refractivity contribution in [2.45, 2.75) is 6.92 Å². The number of anilines is 1. The van der Waals surface area contributed by atoms with Gasteiger partial charge in [0.2, 0.25) is 0 Å². The molecule has 2 aromatic rings. The van der Waals surface area contributed by atoms with Gasteiger partial charge < -0.3 is 4.90 Å². The average molecular weight is 329 g/mol. The minimum atomic E-state index is -0.110. The number of benzene rings is 2. The molecule has 0 saturated heterocycles. The van der Waals surface area contributed by atoms with Crippen LogP contribution in [0.1, 0.15) is 21.5 Å². The Morgan fingerprint density at radius 3 is 2.65 bits per heavy atom. The summed E-state index contributed by atoms with van der Waals surface area (Å²) in [5, 5.41) is 8.91. The Balaban J connectivity index is 2.32. The van der Waals surface area contributed by atoms with E-state index in [0.29, 0.717) is 16.8 Å². The zero-order chi connectivity index (χ0) is 14.7. The van der Waals surface area contributed by atoms with Gasteiger partial charge in [-0.05, 0) is 42.8 Å². The van der Waals surface area contributed by atoms with E-state index in [9.17, 15) is 4.79 Å². The number of hydrogen-bond acceptors (Lipinski definition) is 2. The van der Waals surface area contributed by atoms with Crippen molar-refractivity contribution in [1.29, 1.82) is 5.26 Å². The van der Waals surface area contributed by atoms with Crippen LogP contribution in [-0.2, 0) is 0 Å². The van der Waals surface area contributed by atoms with E-state index < -0.39 is 0 Å². The Hall–Kier alpha value is -2.12. The van der Waals surface area contributed by atoms with Crippen LogP contribution in [0.3, 0.4) is 0 Å². The van der Waals surface area contributed by atoms with Gasteiger partial charge >= 0.3 is 0 Å². The average Bonchev–Trinajstić information content (AvgIpc) is 2.48. The number of rotatable bonds is 2. The summed E-state index contributed by atoms with van der Waals surface area (Å²) in [4.78, 5) is 14.0. The van der Waals surface area contributed by atoms with Crippen LogP contribution in [-0.4, -0.2) is 13.0 Å². The third-order valence-electron chi connectivity index (χ3n) is 3.09. The molecule has 0 fully saturated rings. The van der Waals surface area contributed by atoms with Crippen LogP contribution >= 0.6 is 15.9 Å². The Bertz CT molecular complexity index is 704. The molecule has 2 rings (SSSR count). The highest BCUT2D eigenvalue weighted by Crippen LogP contribution is 2.21. The van der Waals surface area contributed by atoms with Crippen LogP contribution in [0.5, 0.6) is 0 Å². The molecule has 1 amide bonds. The number of carbonyl (C=O) groups is 1. The second-order valence-electron chi connectivity index (χ2n) is 4.49. The topological polar surface area (TPSA) is 44.1 Å². The number of aryl methyl sites for hydroxylation is 1. The lowest BCUT2D eigenvalue weighted by molar-refractivity contribution is 0.0993. The van der Waals surface area contributed by atoms with Crippen molar-refractivity contribution in [3.63, 3.8) is 0 Å². The molecule has 0 bridgehead atoms. The van der Waals surface area contributed by atoms with Crippen molar-refractivity contribution in [1.82, 2.24) is 0 Å². The van der Waals surface area contributed by atoms with E-state index >= 15 is 0 Å². The molecular formula is C16H13BrN2O. The lowest BCUT2D eigenvalue weighted by Gasteiger charge is -2.18. The third-order valence-corrected chi connectivity index (χ3v) is 3.94. The molecule has 0 atom stereocenters. The summed E-state index contributed by atoms with van der Waals surface area (Å²) in [6.45, 7) is 1.97. The zero-order valence-electron chi connectivity index (χ0n) is 11.2. The second kappa shape index (κ2) is 5.89. The standard InChI is InChI=1S/C16H13BrN2O/c1-11-6-7-13(9-15(11)17)16(20)19(2)14-5-3-4-12(8-14)10-18/h3-9H,1-2H3. The molecule has 2 aromatic carbocycles. The fourth-order valence-electron chi connectivity index (χ4n) is 1.82. The molecule has 4 heteroatoms. The molecule has 0 unspecified atom stereocenters. The molecule has 0 aromatic heterocycles.